The molecule has 3 heterocycles. The van der Waals surface area contributed by atoms with Crippen molar-refractivity contribution in [3.05, 3.63) is 71.7 Å². The lowest BCUT2D eigenvalue weighted by Gasteiger charge is -2.40. The van der Waals surface area contributed by atoms with Gasteiger partial charge in [0.05, 0.1) is 0 Å². The van der Waals surface area contributed by atoms with Gasteiger partial charge in [-0.3, -0.25) is 0 Å². The van der Waals surface area contributed by atoms with E-state index in [0.29, 0.717) is 28.9 Å². The van der Waals surface area contributed by atoms with Gasteiger partial charge in [0, 0.05) is 43.0 Å². The molecule has 0 unspecified atom stereocenters. The predicted octanol–water partition coefficient (Wildman–Crippen LogP) is 5.63. The Morgan fingerprint density at radius 2 is 1.60 bits per heavy atom. The van der Waals surface area contributed by atoms with Crippen LogP contribution < -0.4 is 10.2 Å². The van der Waals surface area contributed by atoms with Crippen molar-refractivity contribution >= 4 is 11.8 Å². The molecule has 0 spiro atoms. The van der Waals surface area contributed by atoms with Gasteiger partial charge in [0.2, 0.25) is 5.95 Å². The van der Waals surface area contributed by atoms with E-state index in [2.05, 4.69) is 20.1 Å². The fourth-order valence-corrected chi connectivity index (χ4v) is 5.11. The van der Waals surface area contributed by atoms with Gasteiger partial charge in [-0.05, 0) is 68.6 Å². The molecule has 1 N–H and O–H groups in total. The Morgan fingerprint density at radius 1 is 0.886 bits per heavy atom. The summed E-state index contributed by atoms with van der Waals surface area (Å²) in [6.45, 7) is 3.98. The molecular weight excluding hydrogens is 451 g/mol. The first-order chi connectivity index (χ1) is 17.1. The summed E-state index contributed by atoms with van der Waals surface area (Å²) in [4.78, 5) is 14.1. The maximum atomic E-state index is 14.2. The maximum absolute atomic E-state index is 14.2. The molecule has 184 valence electrons. The highest BCUT2D eigenvalue weighted by molar-refractivity contribution is 5.75. The largest absolute Gasteiger partial charge is 0.365 e. The molecule has 0 bridgehead atoms. The van der Waals surface area contributed by atoms with Gasteiger partial charge in [-0.1, -0.05) is 24.6 Å². The second-order valence-corrected chi connectivity index (χ2v) is 9.31. The first kappa shape index (κ1) is 23.6. The number of aromatic nitrogens is 2. The lowest BCUT2D eigenvalue weighted by molar-refractivity contribution is 0.141. The van der Waals surface area contributed by atoms with E-state index in [1.54, 1.807) is 18.3 Å². The lowest BCUT2D eigenvalue weighted by atomic mass is 10.00. The van der Waals surface area contributed by atoms with Crippen molar-refractivity contribution < 1.29 is 13.2 Å². The summed E-state index contributed by atoms with van der Waals surface area (Å²) in [6, 6.07) is 10.5. The quantitative estimate of drug-likeness (QED) is 0.495. The van der Waals surface area contributed by atoms with Crippen LogP contribution >= 0.6 is 0 Å². The number of hydrogen-bond donors (Lipinski definition) is 1. The summed E-state index contributed by atoms with van der Waals surface area (Å²) in [6.07, 6.45) is 7.66. The fraction of sp³-hybridized carbons (Fsp3) is 0.407. The standard InChI is InChI=1S/C27H30F3N5/c28-20-7-4-6-19(16-20)22-17-32-27(33-26(22)31-18-23-24(29)8-5-9-25(23)30)35-14-10-21(11-15-35)34-12-2-1-3-13-34/h4-9,16-17,21H,1-3,10-15,18H2,(H,31,32,33). The van der Waals surface area contributed by atoms with Crippen molar-refractivity contribution in [1.29, 1.82) is 0 Å². The zero-order valence-corrected chi connectivity index (χ0v) is 19.7. The minimum absolute atomic E-state index is 0.0693. The van der Waals surface area contributed by atoms with Crippen LogP contribution in [0.5, 0.6) is 0 Å². The molecule has 5 nitrogen and oxygen atoms in total. The van der Waals surface area contributed by atoms with Gasteiger partial charge >= 0.3 is 0 Å². The number of rotatable bonds is 6. The average molecular weight is 482 g/mol. The smallest absolute Gasteiger partial charge is 0.227 e. The SMILES string of the molecule is Fc1cccc(-c2cnc(N3CCC(N4CCCCC4)CC3)nc2NCc2c(F)cccc2F)c1. The van der Waals surface area contributed by atoms with Crippen molar-refractivity contribution in [2.24, 2.45) is 0 Å². The summed E-state index contributed by atoms with van der Waals surface area (Å²) >= 11 is 0. The van der Waals surface area contributed by atoms with E-state index >= 15 is 0 Å². The van der Waals surface area contributed by atoms with Crippen molar-refractivity contribution in [1.82, 2.24) is 14.9 Å². The van der Waals surface area contributed by atoms with Crippen LogP contribution in [0.25, 0.3) is 11.1 Å². The molecule has 1 aromatic heterocycles. The third-order valence-electron chi connectivity index (χ3n) is 7.06. The van der Waals surface area contributed by atoms with Crippen LogP contribution in [-0.4, -0.2) is 47.1 Å². The topological polar surface area (TPSA) is 44.3 Å². The van der Waals surface area contributed by atoms with E-state index in [9.17, 15) is 13.2 Å². The van der Waals surface area contributed by atoms with Crippen molar-refractivity contribution in [2.75, 3.05) is 36.4 Å². The molecule has 0 radical (unpaired) electrons. The third kappa shape index (κ3) is 5.42. The van der Waals surface area contributed by atoms with E-state index in [-0.39, 0.29) is 17.9 Å². The molecule has 2 aliphatic rings. The molecule has 0 atom stereocenters. The molecule has 35 heavy (non-hydrogen) atoms. The number of nitrogens with zero attached hydrogens (tertiary/aromatic N) is 4. The monoisotopic (exact) mass is 481 g/mol. The van der Waals surface area contributed by atoms with Crippen LogP contribution in [0.4, 0.5) is 24.9 Å². The number of nitrogens with one attached hydrogen (secondary N) is 1. The van der Waals surface area contributed by atoms with E-state index in [0.717, 1.165) is 25.9 Å². The Bertz CT molecular complexity index is 1140. The van der Waals surface area contributed by atoms with Gasteiger partial charge in [-0.15, -0.1) is 0 Å². The van der Waals surface area contributed by atoms with Crippen LogP contribution in [0.3, 0.4) is 0 Å². The Morgan fingerprint density at radius 3 is 2.31 bits per heavy atom. The Hall–Kier alpha value is -3.13. The second-order valence-electron chi connectivity index (χ2n) is 9.31. The average Bonchev–Trinajstić information content (AvgIpc) is 2.89. The first-order valence-corrected chi connectivity index (χ1v) is 12.4. The van der Waals surface area contributed by atoms with Gasteiger partial charge in [0.25, 0.3) is 0 Å². The van der Waals surface area contributed by atoms with E-state index in [1.165, 1.54) is 62.7 Å². The molecule has 2 aromatic carbocycles. The van der Waals surface area contributed by atoms with Gasteiger partial charge in [0.15, 0.2) is 0 Å². The molecule has 0 aliphatic carbocycles. The lowest BCUT2D eigenvalue weighted by Crippen LogP contribution is -2.47. The molecule has 3 aromatic rings. The van der Waals surface area contributed by atoms with Gasteiger partial charge in [-0.2, -0.15) is 4.98 Å². The van der Waals surface area contributed by atoms with Crippen LogP contribution in [0, 0.1) is 17.5 Å². The number of hydrogen-bond acceptors (Lipinski definition) is 5. The molecule has 5 rings (SSSR count). The van der Waals surface area contributed by atoms with Gasteiger partial charge in [-0.25, -0.2) is 18.2 Å². The first-order valence-electron chi connectivity index (χ1n) is 12.4. The third-order valence-corrected chi connectivity index (χ3v) is 7.06. The summed E-state index contributed by atoms with van der Waals surface area (Å²) < 4.78 is 42.4. The van der Waals surface area contributed by atoms with E-state index < -0.39 is 11.6 Å². The van der Waals surface area contributed by atoms with Crippen molar-refractivity contribution in [3.63, 3.8) is 0 Å². The highest BCUT2D eigenvalue weighted by atomic mass is 19.1. The molecule has 0 amide bonds. The Balaban J connectivity index is 1.37. The van der Waals surface area contributed by atoms with Crippen LogP contribution in [-0.2, 0) is 6.54 Å². The number of anilines is 2. The fourth-order valence-electron chi connectivity index (χ4n) is 5.11. The summed E-state index contributed by atoms with van der Waals surface area (Å²) in [5.74, 6) is -0.643. The van der Waals surface area contributed by atoms with Crippen LogP contribution in [0.15, 0.2) is 48.7 Å². The molecule has 2 aliphatic heterocycles. The highest BCUT2D eigenvalue weighted by Crippen LogP contribution is 2.30. The zero-order valence-electron chi connectivity index (χ0n) is 19.7. The molecule has 2 saturated heterocycles. The van der Waals surface area contributed by atoms with E-state index in [4.69, 9.17) is 4.98 Å². The minimum Gasteiger partial charge on any atom is -0.365 e. The Kier molecular flexibility index (Phi) is 7.18. The van der Waals surface area contributed by atoms with Gasteiger partial charge in [0.1, 0.15) is 23.3 Å². The number of benzene rings is 2. The van der Waals surface area contributed by atoms with E-state index in [1.807, 2.05) is 0 Å². The van der Waals surface area contributed by atoms with Gasteiger partial charge < -0.3 is 15.1 Å². The van der Waals surface area contributed by atoms with Crippen molar-refractivity contribution in [3.8, 4) is 11.1 Å². The predicted molar refractivity (Wildman–Crippen MR) is 132 cm³/mol. The number of piperidine rings is 2. The number of likely N-dealkylation sites (tertiary alicyclic amines) is 1. The molecule has 2 fully saturated rings. The van der Waals surface area contributed by atoms with Crippen LogP contribution in [0.2, 0.25) is 0 Å². The summed E-state index contributed by atoms with van der Waals surface area (Å²) in [5, 5.41) is 3.08. The van der Waals surface area contributed by atoms with Crippen LogP contribution in [0.1, 0.15) is 37.7 Å². The maximum Gasteiger partial charge on any atom is 0.227 e. The zero-order chi connectivity index (χ0) is 24.2. The summed E-state index contributed by atoms with van der Waals surface area (Å²) in [7, 11) is 0. The Labute approximate surface area is 204 Å². The number of halogens is 3. The molecular formula is C27H30F3N5. The summed E-state index contributed by atoms with van der Waals surface area (Å²) in [5.41, 5.74) is 1.10. The molecule has 0 saturated carbocycles. The normalized spacial score (nSPS) is 17.5. The highest BCUT2D eigenvalue weighted by Gasteiger charge is 2.27. The minimum atomic E-state index is -0.626. The molecule has 8 heteroatoms. The van der Waals surface area contributed by atoms with Crippen molar-refractivity contribution in [2.45, 2.75) is 44.7 Å². The second kappa shape index (κ2) is 10.6.